The lowest BCUT2D eigenvalue weighted by molar-refractivity contribution is -0.114. The van der Waals surface area contributed by atoms with Crippen molar-refractivity contribution < 1.29 is 13.2 Å². The van der Waals surface area contributed by atoms with Gasteiger partial charge >= 0.3 is 0 Å². The van der Waals surface area contributed by atoms with Gasteiger partial charge in [0.1, 0.15) is 6.54 Å². The Morgan fingerprint density at radius 3 is 2.17 bits per heavy atom. The summed E-state index contributed by atoms with van der Waals surface area (Å²) in [6, 6.07) is 19.7. The molecular formula is C21H18Cl2N2O3S. The molecule has 1 amide bonds. The third-order valence-corrected chi connectivity index (χ3v) is 6.55. The Bertz CT molecular complexity index is 1120. The van der Waals surface area contributed by atoms with Crippen molar-refractivity contribution in [2.45, 2.75) is 11.8 Å². The highest BCUT2D eigenvalue weighted by Gasteiger charge is 2.27. The molecule has 0 aromatic heterocycles. The second-order valence-corrected chi connectivity index (χ2v) is 8.99. The van der Waals surface area contributed by atoms with Crippen LogP contribution >= 0.6 is 23.2 Å². The first-order valence-corrected chi connectivity index (χ1v) is 10.9. The van der Waals surface area contributed by atoms with Gasteiger partial charge in [-0.05, 0) is 48.9 Å². The number of hydrogen-bond donors (Lipinski definition) is 1. The number of carbonyl (C=O) groups is 1. The normalized spacial score (nSPS) is 11.1. The van der Waals surface area contributed by atoms with E-state index < -0.39 is 22.5 Å². The molecule has 0 saturated heterocycles. The van der Waals surface area contributed by atoms with Gasteiger partial charge in [-0.1, -0.05) is 59.6 Å². The van der Waals surface area contributed by atoms with Crippen molar-refractivity contribution in [3.8, 4) is 0 Å². The van der Waals surface area contributed by atoms with Crippen LogP contribution in [0.15, 0.2) is 77.7 Å². The Balaban J connectivity index is 1.97. The Kier molecular flexibility index (Phi) is 6.47. The topological polar surface area (TPSA) is 66.5 Å². The zero-order chi connectivity index (χ0) is 21.0. The number of nitrogens with one attached hydrogen (secondary N) is 1. The van der Waals surface area contributed by atoms with Crippen LogP contribution in [0, 0.1) is 6.92 Å². The summed E-state index contributed by atoms with van der Waals surface area (Å²) < 4.78 is 27.6. The van der Waals surface area contributed by atoms with E-state index in [1.165, 1.54) is 12.1 Å². The molecule has 3 rings (SSSR count). The van der Waals surface area contributed by atoms with E-state index in [1.807, 2.05) is 13.0 Å². The Hall–Kier alpha value is -2.54. The molecule has 0 fully saturated rings. The third kappa shape index (κ3) is 4.90. The number of halogens is 2. The van der Waals surface area contributed by atoms with E-state index in [2.05, 4.69) is 5.32 Å². The van der Waals surface area contributed by atoms with Gasteiger partial charge in [0.2, 0.25) is 5.91 Å². The van der Waals surface area contributed by atoms with Gasteiger partial charge in [-0.3, -0.25) is 9.10 Å². The van der Waals surface area contributed by atoms with Crippen LogP contribution in [0.25, 0.3) is 0 Å². The molecule has 0 aliphatic rings. The summed E-state index contributed by atoms with van der Waals surface area (Å²) in [5, 5.41) is 3.13. The molecule has 0 bridgehead atoms. The van der Waals surface area contributed by atoms with Gasteiger partial charge in [0, 0.05) is 0 Å². The molecule has 150 valence electrons. The summed E-state index contributed by atoms with van der Waals surface area (Å²) in [6.45, 7) is 1.41. The fourth-order valence-electron chi connectivity index (χ4n) is 2.74. The monoisotopic (exact) mass is 448 g/mol. The number of sulfonamides is 1. The molecule has 0 unspecified atom stereocenters. The van der Waals surface area contributed by atoms with Crippen LogP contribution in [0.2, 0.25) is 10.0 Å². The Morgan fingerprint density at radius 1 is 0.931 bits per heavy atom. The van der Waals surface area contributed by atoms with Gasteiger partial charge in [-0.25, -0.2) is 8.42 Å². The van der Waals surface area contributed by atoms with Crippen LogP contribution in [-0.2, 0) is 14.8 Å². The zero-order valence-corrected chi connectivity index (χ0v) is 17.8. The summed E-state index contributed by atoms with van der Waals surface area (Å²) in [5.74, 6) is -0.569. The van der Waals surface area contributed by atoms with Crippen LogP contribution in [0.4, 0.5) is 11.4 Å². The van der Waals surface area contributed by atoms with Gasteiger partial charge < -0.3 is 5.32 Å². The Labute approximate surface area is 179 Å². The third-order valence-electron chi connectivity index (χ3n) is 4.14. The van der Waals surface area contributed by atoms with Crippen LogP contribution in [0.1, 0.15) is 5.56 Å². The van der Waals surface area contributed by atoms with E-state index in [4.69, 9.17) is 23.2 Å². The van der Waals surface area contributed by atoms with Crippen molar-refractivity contribution in [1.82, 2.24) is 0 Å². The number of anilines is 2. The first-order valence-electron chi connectivity index (χ1n) is 8.67. The molecule has 0 aliphatic heterocycles. The molecule has 0 radical (unpaired) electrons. The standard InChI is InChI=1S/C21H18Cl2N2O3S/c1-15-7-5-8-16(13-15)25(29(27,28)17-9-3-2-4-10-17)14-20(26)24-21-18(22)11-6-12-19(21)23/h2-13H,14H2,1H3,(H,24,26). The van der Waals surface area contributed by atoms with E-state index in [0.29, 0.717) is 5.69 Å². The molecule has 3 aromatic rings. The van der Waals surface area contributed by atoms with Crippen LogP contribution in [0.5, 0.6) is 0 Å². The molecule has 1 N–H and O–H groups in total. The van der Waals surface area contributed by atoms with Crippen LogP contribution in [0.3, 0.4) is 0 Å². The lowest BCUT2D eigenvalue weighted by Gasteiger charge is -2.24. The molecule has 5 nitrogen and oxygen atoms in total. The van der Waals surface area contributed by atoms with Crippen molar-refractivity contribution in [2.75, 3.05) is 16.2 Å². The number of nitrogens with zero attached hydrogens (tertiary/aromatic N) is 1. The van der Waals surface area contributed by atoms with Crippen molar-refractivity contribution >= 4 is 50.5 Å². The van der Waals surface area contributed by atoms with E-state index in [1.54, 1.807) is 54.6 Å². The second-order valence-electron chi connectivity index (χ2n) is 6.31. The van der Waals surface area contributed by atoms with Gasteiger partial charge in [0.05, 0.1) is 26.3 Å². The van der Waals surface area contributed by atoms with E-state index in [9.17, 15) is 13.2 Å². The Morgan fingerprint density at radius 2 is 1.55 bits per heavy atom. The minimum atomic E-state index is -3.97. The molecule has 3 aromatic carbocycles. The fraction of sp³-hybridized carbons (Fsp3) is 0.0952. The lowest BCUT2D eigenvalue weighted by atomic mass is 10.2. The molecule has 0 atom stereocenters. The van der Waals surface area contributed by atoms with Gasteiger partial charge in [-0.2, -0.15) is 0 Å². The minimum Gasteiger partial charge on any atom is -0.322 e. The smallest absolute Gasteiger partial charge is 0.264 e. The SMILES string of the molecule is Cc1cccc(N(CC(=O)Nc2c(Cl)cccc2Cl)S(=O)(=O)c2ccccc2)c1. The maximum absolute atomic E-state index is 13.3. The molecule has 0 aliphatic carbocycles. The van der Waals surface area contributed by atoms with Crippen molar-refractivity contribution in [2.24, 2.45) is 0 Å². The van der Waals surface area contributed by atoms with E-state index in [-0.39, 0.29) is 20.6 Å². The number of hydrogen-bond acceptors (Lipinski definition) is 3. The number of carbonyl (C=O) groups excluding carboxylic acids is 1. The molecule has 29 heavy (non-hydrogen) atoms. The zero-order valence-electron chi connectivity index (χ0n) is 15.5. The lowest BCUT2D eigenvalue weighted by Crippen LogP contribution is -2.38. The summed E-state index contributed by atoms with van der Waals surface area (Å²) in [5.41, 5.74) is 1.49. The first kappa shape index (κ1) is 21.2. The number of benzene rings is 3. The van der Waals surface area contributed by atoms with Crippen LogP contribution in [-0.4, -0.2) is 20.9 Å². The number of amides is 1. The molecule has 0 saturated carbocycles. The van der Waals surface area contributed by atoms with Gasteiger partial charge in [0.15, 0.2) is 0 Å². The van der Waals surface area contributed by atoms with E-state index >= 15 is 0 Å². The molecular weight excluding hydrogens is 431 g/mol. The van der Waals surface area contributed by atoms with Gasteiger partial charge in [-0.15, -0.1) is 0 Å². The molecule has 0 heterocycles. The summed E-state index contributed by atoms with van der Waals surface area (Å²) in [7, 11) is -3.97. The predicted molar refractivity (Wildman–Crippen MR) is 117 cm³/mol. The number of para-hydroxylation sites is 1. The van der Waals surface area contributed by atoms with Crippen molar-refractivity contribution in [1.29, 1.82) is 0 Å². The second kappa shape index (κ2) is 8.86. The number of aryl methyl sites for hydroxylation is 1. The average molecular weight is 449 g/mol. The average Bonchev–Trinajstić information content (AvgIpc) is 2.69. The first-order chi connectivity index (χ1) is 13.8. The quantitative estimate of drug-likeness (QED) is 0.567. The number of rotatable bonds is 6. The van der Waals surface area contributed by atoms with Crippen molar-refractivity contribution in [3.63, 3.8) is 0 Å². The highest BCUT2D eigenvalue weighted by molar-refractivity contribution is 7.92. The highest BCUT2D eigenvalue weighted by atomic mass is 35.5. The highest BCUT2D eigenvalue weighted by Crippen LogP contribution is 2.30. The minimum absolute atomic E-state index is 0.0880. The maximum atomic E-state index is 13.3. The summed E-state index contributed by atoms with van der Waals surface area (Å²) in [4.78, 5) is 12.8. The fourth-order valence-corrected chi connectivity index (χ4v) is 4.67. The predicted octanol–water partition coefficient (Wildman–Crippen LogP) is 5.14. The summed E-state index contributed by atoms with van der Waals surface area (Å²) in [6.07, 6.45) is 0. The molecule has 8 heteroatoms. The van der Waals surface area contributed by atoms with E-state index in [0.717, 1.165) is 9.87 Å². The van der Waals surface area contributed by atoms with Crippen molar-refractivity contribution in [3.05, 3.63) is 88.4 Å². The summed E-state index contributed by atoms with van der Waals surface area (Å²) >= 11 is 12.2. The maximum Gasteiger partial charge on any atom is 0.264 e. The largest absolute Gasteiger partial charge is 0.322 e. The van der Waals surface area contributed by atoms with Gasteiger partial charge in [0.25, 0.3) is 10.0 Å². The van der Waals surface area contributed by atoms with Crippen LogP contribution < -0.4 is 9.62 Å². The molecule has 0 spiro atoms.